The molecular weight excluding hydrogens is 367 g/mol. The highest BCUT2D eigenvalue weighted by molar-refractivity contribution is 6.37. The number of nitrogens with one attached hydrogen (secondary N) is 1. The number of carbonyl (C=O) groups is 2. The molecule has 2 amide bonds. The van der Waals surface area contributed by atoms with Crippen molar-refractivity contribution in [1.29, 1.82) is 0 Å². The number of nitrogens with zero attached hydrogens (tertiary/aromatic N) is 1. The zero-order chi connectivity index (χ0) is 18.4. The van der Waals surface area contributed by atoms with Crippen molar-refractivity contribution >= 4 is 35.0 Å². The average molecular weight is 389 g/mol. The first-order valence-corrected chi connectivity index (χ1v) is 8.83. The quantitative estimate of drug-likeness (QED) is 0.813. The van der Waals surface area contributed by atoms with Crippen LogP contribution in [0.3, 0.4) is 0 Å². The number of hydrogen-bond donors (Lipinski definition) is 1. The van der Waals surface area contributed by atoms with E-state index in [0.717, 1.165) is 0 Å². The van der Waals surface area contributed by atoms with Crippen molar-refractivity contribution in [3.05, 3.63) is 27.7 Å². The summed E-state index contributed by atoms with van der Waals surface area (Å²) in [6.45, 7) is 1.45. The second-order valence-corrected chi connectivity index (χ2v) is 6.63. The second kappa shape index (κ2) is 9.27. The van der Waals surface area contributed by atoms with Gasteiger partial charge in [0.05, 0.1) is 23.8 Å². The molecule has 0 aliphatic carbocycles. The highest BCUT2D eigenvalue weighted by Gasteiger charge is 2.28. The first-order valence-electron chi connectivity index (χ1n) is 8.07. The summed E-state index contributed by atoms with van der Waals surface area (Å²) in [5, 5.41) is 3.62. The van der Waals surface area contributed by atoms with Crippen molar-refractivity contribution < 1.29 is 19.1 Å². The van der Waals surface area contributed by atoms with Gasteiger partial charge in [-0.1, -0.05) is 23.2 Å². The molecule has 1 aromatic carbocycles. The lowest BCUT2D eigenvalue weighted by atomic mass is 10.0. The number of rotatable bonds is 6. The molecule has 1 aliphatic heterocycles. The summed E-state index contributed by atoms with van der Waals surface area (Å²) >= 11 is 12.3. The van der Waals surface area contributed by atoms with Crippen molar-refractivity contribution in [2.45, 2.75) is 25.3 Å². The van der Waals surface area contributed by atoms with E-state index in [9.17, 15) is 9.59 Å². The van der Waals surface area contributed by atoms with Gasteiger partial charge in [-0.15, -0.1) is 0 Å². The van der Waals surface area contributed by atoms with Gasteiger partial charge in [0.2, 0.25) is 5.91 Å². The van der Waals surface area contributed by atoms with Crippen LogP contribution in [0.25, 0.3) is 0 Å². The summed E-state index contributed by atoms with van der Waals surface area (Å²) < 4.78 is 10.1. The molecule has 1 N–H and O–H groups in total. The van der Waals surface area contributed by atoms with Gasteiger partial charge in [-0.3, -0.25) is 9.59 Å². The van der Waals surface area contributed by atoms with Crippen LogP contribution in [-0.4, -0.2) is 56.7 Å². The molecule has 2 rings (SSSR count). The molecule has 1 aliphatic rings. The van der Waals surface area contributed by atoms with Crippen LogP contribution in [0.2, 0.25) is 10.0 Å². The molecule has 0 atom stereocenters. The van der Waals surface area contributed by atoms with Gasteiger partial charge in [-0.2, -0.15) is 0 Å². The molecule has 1 heterocycles. The van der Waals surface area contributed by atoms with Crippen LogP contribution in [-0.2, 0) is 9.53 Å². The SMILES string of the molecule is COCCC(=O)NC1CCN(C(=O)c2c(Cl)ccc(Cl)c2OC)CC1. The Morgan fingerprint density at radius 2 is 1.84 bits per heavy atom. The van der Waals surface area contributed by atoms with Crippen molar-refractivity contribution in [2.75, 3.05) is 33.9 Å². The van der Waals surface area contributed by atoms with E-state index in [1.165, 1.54) is 7.11 Å². The van der Waals surface area contributed by atoms with E-state index >= 15 is 0 Å². The van der Waals surface area contributed by atoms with E-state index in [2.05, 4.69) is 5.32 Å². The predicted molar refractivity (Wildman–Crippen MR) is 96.6 cm³/mol. The second-order valence-electron chi connectivity index (χ2n) is 5.81. The minimum atomic E-state index is -0.214. The number of carbonyl (C=O) groups excluding carboxylic acids is 2. The number of ether oxygens (including phenoxy) is 2. The third-order valence-electron chi connectivity index (χ3n) is 4.16. The Kier molecular flexibility index (Phi) is 7.35. The zero-order valence-electron chi connectivity index (χ0n) is 14.3. The van der Waals surface area contributed by atoms with Gasteiger partial charge in [0.15, 0.2) is 5.75 Å². The molecule has 0 saturated carbocycles. The molecule has 138 valence electrons. The lowest BCUT2D eigenvalue weighted by Gasteiger charge is -2.33. The van der Waals surface area contributed by atoms with Crippen LogP contribution < -0.4 is 10.1 Å². The van der Waals surface area contributed by atoms with Crippen LogP contribution in [0, 0.1) is 0 Å². The number of halogens is 2. The fourth-order valence-electron chi connectivity index (χ4n) is 2.81. The summed E-state index contributed by atoms with van der Waals surface area (Å²) in [6, 6.07) is 3.24. The Hall–Kier alpha value is -1.50. The molecule has 8 heteroatoms. The van der Waals surface area contributed by atoms with Crippen LogP contribution in [0.15, 0.2) is 12.1 Å². The number of methoxy groups -OCH3 is 2. The van der Waals surface area contributed by atoms with Crippen molar-refractivity contribution in [1.82, 2.24) is 10.2 Å². The van der Waals surface area contributed by atoms with Gasteiger partial charge in [0.25, 0.3) is 5.91 Å². The molecule has 0 bridgehead atoms. The summed E-state index contributed by atoms with van der Waals surface area (Å²) in [4.78, 5) is 26.3. The first kappa shape index (κ1) is 19.8. The number of benzene rings is 1. The summed E-state index contributed by atoms with van der Waals surface area (Å²) in [5.74, 6) is 0.0360. The first-order chi connectivity index (χ1) is 12.0. The summed E-state index contributed by atoms with van der Waals surface area (Å²) in [6.07, 6.45) is 1.71. The topological polar surface area (TPSA) is 67.9 Å². The van der Waals surface area contributed by atoms with Crippen LogP contribution in [0.1, 0.15) is 29.6 Å². The van der Waals surface area contributed by atoms with Gasteiger partial charge in [0.1, 0.15) is 5.56 Å². The number of likely N-dealkylation sites (tertiary alicyclic amines) is 1. The van der Waals surface area contributed by atoms with Crippen LogP contribution in [0.4, 0.5) is 0 Å². The third-order valence-corrected chi connectivity index (χ3v) is 4.77. The molecule has 1 saturated heterocycles. The van der Waals surface area contributed by atoms with Gasteiger partial charge in [-0.25, -0.2) is 0 Å². The van der Waals surface area contributed by atoms with E-state index < -0.39 is 0 Å². The average Bonchev–Trinajstić information content (AvgIpc) is 2.61. The lowest BCUT2D eigenvalue weighted by Crippen LogP contribution is -2.46. The monoisotopic (exact) mass is 388 g/mol. The summed E-state index contributed by atoms with van der Waals surface area (Å²) in [7, 11) is 3.02. The number of piperidine rings is 1. The molecular formula is C17H22Cl2N2O4. The highest BCUT2D eigenvalue weighted by atomic mass is 35.5. The molecule has 0 aromatic heterocycles. The zero-order valence-corrected chi connectivity index (χ0v) is 15.8. The maximum Gasteiger partial charge on any atom is 0.259 e. The van der Waals surface area contributed by atoms with E-state index in [1.54, 1.807) is 24.1 Å². The minimum Gasteiger partial charge on any atom is -0.494 e. The number of amides is 2. The molecule has 0 spiro atoms. The van der Waals surface area contributed by atoms with E-state index in [0.29, 0.717) is 49.0 Å². The smallest absolute Gasteiger partial charge is 0.259 e. The fraction of sp³-hybridized carbons (Fsp3) is 0.529. The van der Waals surface area contributed by atoms with Crippen molar-refractivity contribution in [3.8, 4) is 5.75 Å². The Morgan fingerprint density at radius 1 is 1.20 bits per heavy atom. The minimum absolute atomic E-state index is 0.0359. The lowest BCUT2D eigenvalue weighted by molar-refractivity contribution is -0.122. The Labute approximate surface area is 157 Å². The van der Waals surface area contributed by atoms with E-state index in [-0.39, 0.29) is 29.2 Å². The highest BCUT2D eigenvalue weighted by Crippen LogP contribution is 2.35. The Balaban J connectivity index is 1.98. The maximum absolute atomic E-state index is 12.8. The van der Waals surface area contributed by atoms with E-state index in [1.807, 2.05) is 0 Å². The molecule has 0 radical (unpaired) electrons. The van der Waals surface area contributed by atoms with Gasteiger partial charge >= 0.3 is 0 Å². The largest absolute Gasteiger partial charge is 0.494 e. The molecule has 1 aromatic rings. The molecule has 0 unspecified atom stereocenters. The van der Waals surface area contributed by atoms with Gasteiger partial charge < -0.3 is 19.7 Å². The van der Waals surface area contributed by atoms with Crippen LogP contribution >= 0.6 is 23.2 Å². The van der Waals surface area contributed by atoms with Crippen molar-refractivity contribution in [2.24, 2.45) is 0 Å². The molecule has 25 heavy (non-hydrogen) atoms. The van der Waals surface area contributed by atoms with Crippen molar-refractivity contribution in [3.63, 3.8) is 0 Å². The maximum atomic E-state index is 12.8. The number of hydrogen-bond acceptors (Lipinski definition) is 4. The Morgan fingerprint density at radius 3 is 2.44 bits per heavy atom. The van der Waals surface area contributed by atoms with E-state index in [4.69, 9.17) is 32.7 Å². The fourth-order valence-corrected chi connectivity index (χ4v) is 3.28. The summed E-state index contributed by atoms with van der Waals surface area (Å²) in [5.41, 5.74) is 0.277. The molecule has 6 nitrogen and oxygen atoms in total. The standard InChI is InChI=1S/C17H22Cl2N2O4/c1-24-10-7-14(22)20-11-5-8-21(9-6-11)17(23)15-12(18)3-4-13(19)16(15)25-2/h3-4,11H,5-10H2,1-2H3,(H,20,22). The predicted octanol–water partition coefficient (Wildman–Crippen LogP) is 2.76. The normalized spacial score (nSPS) is 15.1. The third kappa shape index (κ3) is 5.00. The van der Waals surface area contributed by atoms with Gasteiger partial charge in [0, 0.05) is 32.7 Å². The van der Waals surface area contributed by atoms with Gasteiger partial charge in [-0.05, 0) is 25.0 Å². The van der Waals surface area contributed by atoms with Crippen LogP contribution in [0.5, 0.6) is 5.75 Å². The molecule has 1 fully saturated rings. The Bertz CT molecular complexity index is 631.